The van der Waals surface area contributed by atoms with Gasteiger partial charge >= 0.3 is 5.97 Å². The molecule has 0 saturated heterocycles. The van der Waals surface area contributed by atoms with Gasteiger partial charge in [-0.05, 0) is 59.6 Å². The third-order valence-electron chi connectivity index (χ3n) is 4.53. The molecule has 1 aliphatic carbocycles. The van der Waals surface area contributed by atoms with E-state index in [4.69, 9.17) is 4.74 Å². The number of esters is 1. The number of hydrogen-bond donors (Lipinski definition) is 1. The predicted molar refractivity (Wildman–Crippen MR) is 92.4 cm³/mol. The van der Waals surface area contributed by atoms with Crippen LogP contribution in [0, 0.1) is 12.0 Å². The summed E-state index contributed by atoms with van der Waals surface area (Å²) in [5, 5.41) is 10.2. The van der Waals surface area contributed by atoms with E-state index in [1.807, 2.05) is 24.3 Å². The number of benzene rings is 2. The summed E-state index contributed by atoms with van der Waals surface area (Å²) >= 11 is 0. The van der Waals surface area contributed by atoms with Crippen molar-refractivity contribution in [1.29, 1.82) is 0 Å². The molecule has 1 aliphatic rings. The van der Waals surface area contributed by atoms with E-state index in [1.54, 1.807) is 24.3 Å². The maximum absolute atomic E-state index is 11.9. The van der Waals surface area contributed by atoms with Gasteiger partial charge in [-0.1, -0.05) is 38.1 Å². The Morgan fingerprint density at radius 3 is 2.71 bits per heavy atom. The molecule has 24 heavy (non-hydrogen) atoms. The van der Waals surface area contributed by atoms with Gasteiger partial charge in [0.25, 0.3) is 0 Å². The van der Waals surface area contributed by atoms with Crippen LogP contribution < -0.4 is 0 Å². The van der Waals surface area contributed by atoms with Crippen molar-refractivity contribution >= 4 is 5.97 Å². The van der Waals surface area contributed by atoms with Crippen LogP contribution in [0.1, 0.15) is 59.8 Å². The number of carbonyl (C=O) groups excluding carboxylic acids is 1. The number of rotatable bonds is 1. The fraction of sp³-hybridized carbons (Fsp3) is 0.286. The predicted octanol–water partition coefficient (Wildman–Crippen LogP) is 3.96. The summed E-state index contributed by atoms with van der Waals surface area (Å²) in [5.41, 5.74) is 3.34. The zero-order chi connectivity index (χ0) is 17.2. The largest absolute Gasteiger partial charge is 0.388 e. The van der Waals surface area contributed by atoms with E-state index in [2.05, 4.69) is 25.9 Å². The highest BCUT2D eigenvalue weighted by molar-refractivity contribution is 5.90. The van der Waals surface area contributed by atoms with Crippen LogP contribution in [0.4, 0.5) is 0 Å². The molecule has 0 bridgehead atoms. The third kappa shape index (κ3) is 3.34. The van der Waals surface area contributed by atoms with Crippen molar-refractivity contribution in [1.82, 2.24) is 0 Å². The number of carbonyl (C=O) groups is 1. The van der Waals surface area contributed by atoms with Crippen molar-refractivity contribution in [3.05, 3.63) is 70.8 Å². The summed E-state index contributed by atoms with van der Waals surface area (Å²) in [6.07, 6.45) is 3.78. The smallest absolute Gasteiger partial charge is 0.352 e. The summed E-state index contributed by atoms with van der Waals surface area (Å²) in [6.45, 7) is 4.34. The number of fused-ring (bicyclic) bond motifs is 1. The Hall–Kier alpha value is -2.57. The highest BCUT2D eigenvalue weighted by Gasteiger charge is 2.31. The van der Waals surface area contributed by atoms with Crippen molar-refractivity contribution in [2.75, 3.05) is 0 Å². The molecule has 0 saturated carbocycles. The van der Waals surface area contributed by atoms with Gasteiger partial charge in [-0.2, -0.15) is 0 Å². The fourth-order valence-electron chi connectivity index (χ4n) is 3.06. The molecule has 0 aromatic heterocycles. The van der Waals surface area contributed by atoms with E-state index in [0.29, 0.717) is 5.56 Å². The Morgan fingerprint density at radius 1 is 1.21 bits per heavy atom. The minimum absolute atomic E-state index is 0.00691. The van der Waals surface area contributed by atoms with Gasteiger partial charge in [-0.25, -0.2) is 4.79 Å². The third-order valence-corrected chi connectivity index (χ3v) is 4.53. The fourth-order valence-corrected chi connectivity index (χ4v) is 3.06. The Labute approximate surface area is 142 Å². The minimum Gasteiger partial charge on any atom is -0.388 e. The Morgan fingerprint density at radius 2 is 1.96 bits per heavy atom. The van der Waals surface area contributed by atoms with E-state index < -0.39 is 12.1 Å². The van der Waals surface area contributed by atoms with Gasteiger partial charge in [0, 0.05) is 5.56 Å². The molecule has 1 atom stereocenters. The summed E-state index contributed by atoms with van der Waals surface area (Å²) in [7, 11) is 0. The Balaban J connectivity index is 1.79. The van der Waals surface area contributed by atoms with Crippen LogP contribution in [-0.4, -0.2) is 11.1 Å². The normalized spacial score (nSPS) is 18.0. The van der Waals surface area contributed by atoms with Crippen LogP contribution in [0.25, 0.3) is 0 Å². The lowest BCUT2D eigenvalue weighted by atomic mass is 9.71. The van der Waals surface area contributed by atoms with Gasteiger partial charge in [0.1, 0.15) is 6.11 Å². The Bertz CT molecular complexity index is 810. The zero-order valence-corrected chi connectivity index (χ0v) is 13.9. The van der Waals surface area contributed by atoms with Gasteiger partial charge < -0.3 is 9.84 Å². The maximum atomic E-state index is 11.9. The van der Waals surface area contributed by atoms with Crippen LogP contribution in [0.2, 0.25) is 0 Å². The molecule has 0 amide bonds. The van der Waals surface area contributed by atoms with Crippen LogP contribution in [0.15, 0.2) is 48.5 Å². The summed E-state index contributed by atoms with van der Waals surface area (Å²) in [4.78, 5) is 11.9. The standard InChI is InChI=1S/C21H20O3/c1-21(2)12-10-19(22)17-9-8-15(14-18(17)21)11-13-24-20(23)16-6-4-3-5-7-16/h3-9,14,19,22H,10,12H2,1-2H3. The summed E-state index contributed by atoms with van der Waals surface area (Å²) in [5.74, 6) is 2.41. The molecule has 0 fully saturated rings. The van der Waals surface area contributed by atoms with Crippen molar-refractivity contribution in [3.63, 3.8) is 0 Å². The zero-order valence-electron chi connectivity index (χ0n) is 13.9. The first kappa shape index (κ1) is 16.3. The Kier molecular flexibility index (Phi) is 4.42. The lowest BCUT2D eigenvalue weighted by Gasteiger charge is -2.35. The van der Waals surface area contributed by atoms with Gasteiger partial charge in [-0.15, -0.1) is 0 Å². The van der Waals surface area contributed by atoms with Crippen molar-refractivity contribution in [3.8, 4) is 12.0 Å². The van der Waals surface area contributed by atoms with Crippen LogP contribution in [-0.2, 0) is 10.2 Å². The molecular weight excluding hydrogens is 300 g/mol. The molecule has 122 valence electrons. The van der Waals surface area contributed by atoms with E-state index in [0.717, 1.165) is 29.5 Å². The van der Waals surface area contributed by atoms with Gasteiger partial charge in [0.15, 0.2) is 0 Å². The molecule has 1 unspecified atom stereocenters. The van der Waals surface area contributed by atoms with Gasteiger partial charge in [0.05, 0.1) is 11.7 Å². The van der Waals surface area contributed by atoms with E-state index in [1.165, 1.54) is 0 Å². The highest BCUT2D eigenvalue weighted by Crippen LogP contribution is 2.41. The second-order valence-corrected chi connectivity index (χ2v) is 6.72. The molecule has 1 N–H and O–H groups in total. The SMILES string of the molecule is CC1(C)CCC(O)c2ccc(C#COC(=O)c3ccccc3)cc21. The summed E-state index contributed by atoms with van der Waals surface area (Å²) < 4.78 is 5.00. The molecule has 3 rings (SSSR count). The average Bonchev–Trinajstić information content (AvgIpc) is 2.59. The number of ether oxygens (including phenoxy) is 1. The van der Waals surface area contributed by atoms with E-state index >= 15 is 0 Å². The monoisotopic (exact) mass is 320 g/mol. The highest BCUT2D eigenvalue weighted by atomic mass is 16.5. The second kappa shape index (κ2) is 6.51. The number of aliphatic hydroxyl groups is 1. The first-order valence-corrected chi connectivity index (χ1v) is 8.07. The molecule has 2 aromatic carbocycles. The molecular formula is C21H20O3. The molecule has 0 aliphatic heterocycles. The van der Waals surface area contributed by atoms with Crippen molar-refractivity contribution in [2.24, 2.45) is 0 Å². The molecule has 3 nitrogen and oxygen atoms in total. The molecule has 2 aromatic rings. The van der Waals surface area contributed by atoms with Crippen molar-refractivity contribution in [2.45, 2.75) is 38.2 Å². The molecule has 0 spiro atoms. The van der Waals surface area contributed by atoms with Gasteiger partial charge in [-0.3, -0.25) is 0 Å². The molecule has 0 radical (unpaired) electrons. The lowest BCUT2D eigenvalue weighted by Crippen LogP contribution is -2.26. The average molecular weight is 320 g/mol. The molecule has 3 heteroatoms. The van der Waals surface area contributed by atoms with Crippen LogP contribution in [0.3, 0.4) is 0 Å². The van der Waals surface area contributed by atoms with Crippen LogP contribution in [0.5, 0.6) is 0 Å². The maximum Gasteiger partial charge on any atom is 0.352 e. The van der Waals surface area contributed by atoms with Gasteiger partial charge in [0.2, 0.25) is 0 Å². The topological polar surface area (TPSA) is 46.5 Å². The first-order chi connectivity index (χ1) is 11.5. The second-order valence-electron chi connectivity index (χ2n) is 6.72. The van der Waals surface area contributed by atoms with Crippen LogP contribution >= 0.6 is 0 Å². The van der Waals surface area contributed by atoms with E-state index in [9.17, 15) is 9.90 Å². The quantitative estimate of drug-likeness (QED) is 0.639. The minimum atomic E-state index is -0.461. The lowest BCUT2D eigenvalue weighted by molar-refractivity contribution is 0.0690. The first-order valence-electron chi connectivity index (χ1n) is 8.07. The number of hydrogen-bond acceptors (Lipinski definition) is 3. The van der Waals surface area contributed by atoms with Crippen molar-refractivity contribution < 1.29 is 14.6 Å². The molecule has 0 heterocycles. The summed E-state index contributed by atoms with van der Waals surface area (Å²) in [6, 6.07) is 14.5. The number of aliphatic hydroxyl groups excluding tert-OH is 1. The van der Waals surface area contributed by atoms with E-state index in [-0.39, 0.29) is 5.41 Å².